The monoisotopic (exact) mass is 579 g/mol. The summed E-state index contributed by atoms with van der Waals surface area (Å²) in [6, 6.07) is 21.5. The molecule has 10 heteroatoms. The van der Waals surface area contributed by atoms with Gasteiger partial charge in [-0.1, -0.05) is 35.6 Å². The Morgan fingerprint density at radius 2 is 1.44 bits per heavy atom. The Labute approximate surface area is 241 Å². The maximum absolute atomic E-state index is 13.2. The van der Waals surface area contributed by atoms with Gasteiger partial charge in [-0.3, -0.25) is 14.4 Å². The number of Topliss-reactive ketones (excluding diaryl/α,β-unsaturated/α-hetero) is 1. The van der Waals surface area contributed by atoms with Crippen LogP contribution >= 0.6 is 35.6 Å². The van der Waals surface area contributed by atoms with Crippen LogP contribution in [0.15, 0.2) is 72.8 Å². The Kier molecular flexibility index (Phi) is 8.20. The predicted octanol–water partition coefficient (Wildman–Crippen LogP) is 5.81. The number of halogens is 1. The lowest BCUT2D eigenvalue weighted by molar-refractivity contribution is -0.121. The van der Waals surface area contributed by atoms with E-state index in [9.17, 15) is 14.4 Å². The van der Waals surface area contributed by atoms with Crippen LogP contribution in [0.1, 0.15) is 23.7 Å². The normalized spacial score (nSPS) is 17.5. The van der Waals surface area contributed by atoms with Crippen molar-refractivity contribution in [3.05, 3.63) is 83.4 Å². The molecule has 200 valence electrons. The van der Waals surface area contributed by atoms with E-state index in [1.54, 1.807) is 55.5 Å². The van der Waals surface area contributed by atoms with Gasteiger partial charge in [-0.05, 0) is 79.7 Å². The molecule has 5 rings (SSSR count). The summed E-state index contributed by atoms with van der Waals surface area (Å²) in [5.41, 5.74) is 2.27. The topological polar surface area (TPSA) is 70.2 Å². The zero-order chi connectivity index (χ0) is 27.5. The molecule has 39 heavy (non-hydrogen) atoms. The lowest BCUT2D eigenvalue weighted by Crippen LogP contribution is -2.48. The summed E-state index contributed by atoms with van der Waals surface area (Å²) in [4.78, 5) is 43.1. The van der Waals surface area contributed by atoms with Gasteiger partial charge in [-0.25, -0.2) is 4.90 Å². The molecule has 2 aliphatic heterocycles. The van der Waals surface area contributed by atoms with E-state index in [0.717, 1.165) is 18.8 Å². The molecular formula is C29H26ClN3O4S2. The number of hydrogen-bond acceptors (Lipinski definition) is 7. The van der Waals surface area contributed by atoms with Gasteiger partial charge >= 0.3 is 0 Å². The van der Waals surface area contributed by atoms with Crippen LogP contribution in [0, 0.1) is 0 Å². The van der Waals surface area contributed by atoms with Crippen molar-refractivity contribution in [2.75, 3.05) is 36.0 Å². The third kappa shape index (κ3) is 6.27. The number of ketones is 1. The van der Waals surface area contributed by atoms with Crippen LogP contribution in [0.3, 0.4) is 0 Å². The highest BCUT2D eigenvalue weighted by Gasteiger charge is 2.41. The van der Waals surface area contributed by atoms with Crippen molar-refractivity contribution >= 4 is 68.9 Å². The van der Waals surface area contributed by atoms with Gasteiger partial charge in [0.05, 0.1) is 5.69 Å². The number of imide groups is 1. The minimum atomic E-state index is -0.549. The SMILES string of the molecule is CC(=O)c1ccc(N2CCN(C(=S)S[C@H]3CC(=O)N(c4ccc(Oc5ccc(Cl)cc5)cc4)C3=O)CC2)cc1. The number of thiocarbonyl (C=S) groups is 1. The number of anilines is 2. The third-order valence-corrected chi connectivity index (χ3v) is 8.58. The summed E-state index contributed by atoms with van der Waals surface area (Å²) in [5.74, 6) is 0.763. The molecule has 7 nitrogen and oxygen atoms in total. The number of hydrogen-bond donors (Lipinski definition) is 0. The second-order valence-electron chi connectivity index (χ2n) is 9.27. The van der Waals surface area contributed by atoms with Gasteiger partial charge in [0.15, 0.2) is 5.78 Å². The Balaban J connectivity index is 1.15. The molecule has 3 aromatic rings. The van der Waals surface area contributed by atoms with E-state index in [2.05, 4.69) is 9.80 Å². The quantitative estimate of drug-likeness (QED) is 0.206. The van der Waals surface area contributed by atoms with Gasteiger partial charge in [0.25, 0.3) is 0 Å². The minimum Gasteiger partial charge on any atom is -0.457 e. The first kappa shape index (κ1) is 27.2. The summed E-state index contributed by atoms with van der Waals surface area (Å²) in [7, 11) is 0. The van der Waals surface area contributed by atoms with Crippen LogP contribution in [0.5, 0.6) is 11.5 Å². The smallest absolute Gasteiger partial charge is 0.247 e. The summed E-state index contributed by atoms with van der Waals surface area (Å²) < 4.78 is 6.43. The number of rotatable bonds is 6. The first-order chi connectivity index (χ1) is 18.8. The number of benzene rings is 3. The molecule has 2 saturated heterocycles. The molecule has 2 amide bonds. The van der Waals surface area contributed by atoms with Crippen molar-refractivity contribution in [2.24, 2.45) is 0 Å². The van der Waals surface area contributed by atoms with E-state index in [1.807, 2.05) is 24.3 Å². The molecule has 2 fully saturated rings. The fourth-order valence-electron chi connectivity index (χ4n) is 4.52. The Morgan fingerprint density at radius 1 is 0.872 bits per heavy atom. The number of ether oxygens (including phenoxy) is 1. The highest BCUT2D eigenvalue weighted by molar-refractivity contribution is 8.23. The molecule has 1 atom stereocenters. The zero-order valence-corrected chi connectivity index (χ0v) is 23.6. The largest absolute Gasteiger partial charge is 0.457 e. The summed E-state index contributed by atoms with van der Waals surface area (Å²) >= 11 is 12.9. The standard InChI is InChI=1S/C29H26ClN3O4S2/c1-19(34)20-2-6-22(7-3-20)31-14-16-32(17-15-31)29(38)39-26-18-27(35)33(28(26)36)23-8-12-25(13-9-23)37-24-10-4-21(30)5-11-24/h2-13,26H,14-18H2,1H3/t26-/m0/s1. The average molecular weight is 580 g/mol. The lowest BCUT2D eigenvalue weighted by Gasteiger charge is -2.37. The second kappa shape index (κ2) is 11.8. The van der Waals surface area contributed by atoms with E-state index < -0.39 is 5.25 Å². The first-order valence-corrected chi connectivity index (χ1v) is 14.2. The summed E-state index contributed by atoms with van der Waals surface area (Å²) in [5, 5.41) is 0.0716. The van der Waals surface area contributed by atoms with Crippen molar-refractivity contribution in [2.45, 2.75) is 18.6 Å². The molecule has 0 radical (unpaired) electrons. The predicted molar refractivity (Wildman–Crippen MR) is 159 cm³/mol. The van der Waals surface area contributed by atoms with Crippen LogP contribution in [-0.4, -0.2) is 58.2 Å². The molecule has 0 spiro atoms. The van der Waals surface area contributed by atoms with Crippen molar-refractivity contribution < 1.29 is 19.1 Å². The van der Waals surface area contributed by atoms with Crippen molar-refractivity contribution in [3.63, 3.8) is 0 Å². The van der Waals surface area contributed by atoms with Gasteiger partial charge in [0.2, 0.25) is 11.8 Å². The fourth-order valence-corrected chi connectivity index (χ4v) is 6.18. The summed E-state index contributed by atoms with van der Waals surface area (Å²) in [6.45, 7) is 4.54. The highest BCUT2D eigenvalue weighted by Crippen LogP contribution is 2.33. The highest BCUT2D eigenvalue weighted by atomic mass is 35.5. The van der Waals surface area contributed by atoms with Crippen LogP contribution in [0.2, 0.25) is 5.02 Å². The summed E-state index contributed by atoms with van der Waals surface area (Å²) in [6.07, 6.45) is 0.106. The van der Waals surface area contributed by atoms with Crippen molar-refractivity contribution in [1.82, 2.24) is 4.90 Å². The average Bonchev–Trinajstić information content (AvgIpc) is 3.22. The number of amides is 2. The van der Waals surface area contributed by atoms with Crippen LogP contribution < -0.4 is 14.5 Å². The van der Waals surface area contributed by atoms with Crippen molar-refractivity contribution in [1.29, 1.82) is 0 Å². The zero-order valence-electron chi connectivity index (χ0n) is 21.2. The van der Waals surface area contributed by atoms with Gasteiger partial charge < -0.3 is 14.5 Å². The van der Waals surface area contributed by atoms with Gasteiger partial charge in [0.1, 0.15) is 21.1 Å². The Bertz CT molecular complexity index is 1390. The molecular weight excluding hydrogens is 554 g/mol. The van der Waals surface area contributed by atoms with Crippen molar-refractivity contribution in [3.8, 4) is 11.5 Å². The van der Waals surface area contributed by atoms with E-state index in [-0.39, 0.29) is 24.0 Å². The molecule has 2 aliphatic rings. The molecule has 2 heterocycles. The van der Waals surface area contributed by atoms with Crippen LogP contribution in [0.25, 0.3) is 0 Å². The van der Waals surface area contributed by atoms with E-state index in [1.165, 1.54) is 16.7 Å². The molecule has 0 saturated carbocycles. The number of piperazine rings is 1. The van der Waals surface area contributed by atoms with Crippen LogP contribution in [-0.2, 0) is 9.59 Å². The van der Waals surface area contributed by atoms with E-state index >= 15 is 0 Å². The molecule has 0 aromatic heterocycles. The number of nitrogens with zero attached hydrogens (tertiary/aromatic N) is 3. The maximum Gasteiger partial charge on any atom is 0.247 e. The fraction of sp³-hybridized carbons (Fsp3) is 0.241. The van der Waals surface area contributed by atoms with Gasteiger partial charge in [0, 0.05) is 48.9 Å². The number of thioether (sulfide) groups is 1. The number of carbonyl (C=O) groups excluding carboxylic acids is 3. The van der Waals surface area contributed by atoms with Gasteiger partial charge in [-0.2, -0.15) is 0 Å². The molecule has 0 unspecified atom stereocenters. The van der Waals surface area contributed by atoms with E-state index in [4.69, 9.17) is 28.6 Å². The molecule has 3 aromatic carbocycles. The Morgan fingerprint density at radius 3 is 2.03 bits per heavy atom. The minimum absolute atomic E-state index is 0.0486. The Hall–Kier alpha value is -3.40. The number of carbonyl (C=O) groups is 3. The lowest BCUT2D eigenvalue weighted by atomic mass is 10.1. The van der Waals surface area contributed by atoms with Crippen LogP contribution in [0.4, 0.5) is 11.4 Å². The molecule has 0 aliphatic carbocycles. The van der Waals surface area contributed by atoms with E-state index in [0.29, 0.717) is 45.2 Å². The molecule has 0 N–H and O–H groups in total. The maximum atomic E-state index is 13.2. The van der Waals surface area contributed by atoms with Gasteiger partial charge in [-0.15, -0.1) is 0 Å². The third-order valence-electron chi connectivity index (χ3n) is 6.67. The first-order valence-electron chi connectivity index (χ1n) is 12.5. The molecule has 0 bridgehead atoms. The second-order valence-corrected chi connectivity index (χ2v) is 11.5.